The second-order valence-electron chi connectivity index (χ2n) is 6.15. The molecule has 0 bridgehead atoms. The van der Waals surface area contributed by atoms with Crippen molar-refractivity contribution in [1.29, 1.82) is 0 Å². The van der Waals surface area contributed by atoms with E-state index in [2.05, 4.69) is 9.62 Å². The summed E-state index contributed by atoms with van der Waals surface area (Å²) in [5.41, 5.74) is -0.353. The van der Waals surface area contributed by atoms with Gasteiger partial charge in [-0.05, 0) is 20.3 Å². The fraction of sp³-hybridized carbons (Fsp3) is 1.00. The fourth-order valence-corrected chi connectivity index (χ4v) is 3.14. The lowest BCUT2D eigenvalue weighted by molar-refractivity contribution is -0.155. The van der Waals surface area contributed by atoms with E-state index in [0.29, 0.717) is 39.1 Å². The molecule has 9 heteroatoms. The number of hydrogen-bond donors (Lipinski definition) is 1. The largest absolute Gasteiger partial charge is 0.401 e. The maximum atomic E-state index is 12.4. The van der Waals surface area contributed by atoms with Crippen LogP contribution in [-0.2, 0) is 10.0 Å². The lowest BCUT2D eigenvalue weighted by atomic mass is 9.98. The second-order valence-corrected chi connectivity index (χ2v) is 7.98. The third-order valence-electron chi connectivity index (χ3n) is 3.52. The number of rotatable bonds is 6. The highest BCUT2D eigenvalue weighted by Gasteiger charge is 2.38. The highest BCUT2D eigenvalue weighted by atomic mass is 32.2. The lowest BCUT2D eigenvalue weighted by Crippen LogP contribution is -2.60. The summed E-state index contributed by atoms with van der Waals surface area (Å²) in [4.78, 5) is 3.54. The standard InChI is InChI=1S/C12H24F3N3O2S/c1-11(2)9-17(10-12(13,14)15)7-8-18(11)6-4-5-16-21(3,19)20/h16H,4-10H2,1-3H3. The summed E-state index contributed by atoms with van der Waals surface area (Å²) in [7, 11) is -3.19. The van der Waals surface area contributed by atoms with E-state index in [0.717, 1.165) is 6.26 Å². The van der Waals surface area contributed by atoms with Gasteiger partial charge in [0.05, 0.1) is 12.8 Å². The van der Waals surface area contributed by atoms with Crippen LogP contribution in [-0.4, -0.2) is 75.5 Å². The van der Waals surface area contributed by atoms with Gasteiger partial charge in [0.2, 0.25) is 10.0 Å². The fourth-order valence-electron chi connectivity index (χ4n) is 2.62. The zero-order valence-electron chi connectivity index (χ0n) is 12.7. The van der Waals surface area contributed by atoms with Gasteiger partial charge < -0.3 is 0 Å². The van der Waals surface area contributed by atoms with Crippen LogP contribution in [0.1, 0.15) is 20.3 Å². The van der Waals surface area contributed by atoms with Crippen molar-refractivity contribution in [2.75, 3.05) is 45.5 Å². The van der Waals surface area contributed by atoms with E-state index in [9.17, 15) is 21.6 Å². The summed E-state index contributed by atoms with van der Waals surface area (Å²) in [6.45, 7) is 5.25. The molecule has 1 heterocycles. The summed E-state index contributed by atoms with van der Waals surface area (Å²) in [5.74, 6) is 0. The van der Waals surface area contributed by atoms with Gasteiger partial charge in [-0.1, -0.05) is 0 Å². The van der Waals surface area contributed by atoms with Gasteiger partial charge in [-0.3, -0.25) is 9.80 Å². The van der Waals surface area contributed by atoms with Crippen molar-refractivity contribution in [2.24, 2.45) is 0 Å². The van der Waals surface area contributed by atoms with Crippen LogP contribution in [0.2, 0.25) is 0 Å². The number of sulfonamides is 1. The summed E-state index contributed by atoms with van der Waals surface area (Å²) >= 11 is 0. The van der Waals surface area contributed by atoms with Crippen molar-refractivity contribution < 1.29 is 21.6 Å². The topological polar surface area (TPSA) is 52.6 Å². The molecule has 5 nitrogen and oxygen atoms in total. The highest BCUT2D eigenvalue weighted by Crippen LogP contribution is 2.24. The van der Waals surface area contributed by atoms with Crippen LogP contribution in [0.25, 0.3) is 0 Å². The van der Waals surface area contributed by atoms with Crippen LogP contribution in [0.3, 0.4) is 0 Å². The first-order chi connectivity index (χ1) is 9.39. The van der Waals surface area contributed by atoms with E-state index in [1.54, 1.807) is 0 Å². The Balaban J connectivity index is 2.41. The molecule has 1 fully saturated rings. The van der Waals surface area contributed by atoms with E-state index in [1.165, 1.54) is 4.90 Å². The number of alkyl halides is 3. The van der Waals surface area contributed by atoms with E-state index < -0.39 is 22.7 Å². The van der Waals surface area contributed by atoms with E-state index in [1.807, 2.05) is 13.8 Å². The van der Waals surface area contributed by atoms with E-state index >= 15 is 0 Å². The molecule has 1 saturated heterocycles. The SMILES string of the molecule is CC1(C)CN(CC(F)(F)F)CCN1CCCNS(C)(=O)=O. The van der Waals surface area contributed by atoms with Crippen molar-refractivity contribution in [3.63, 3.8) is 0 Å². The third-order valence-corrected chi connectivity index (χ3v) is 4.25. The molecule has 1 rings (SSSR count). The number of piperazine rings is 1. The smallest absolute Gasteiger partial charge is 0.296 e. The minimum atomic E-state index is -4.17. The summed E-state index contributed by atoms with van der Waals surface area (Å²) in [6, 6.07) is 0. The molecule has 0 saturated carbocycles. The Labute approximate surface area is 124 Å². The van der Waals surface area contributed by atoms with Crippen molar-refractivity contribution in [1.82, 2.24) is 14.5 Å². The quantitative estimate of drug-likeness (QED) is 0.735. The van der Waals surface area contributed by atoms with Gasteiger partial charge in [-0.25, -0.2) is 13.1 Å². The minimum absolute atomic E-state index is 0.345. The van der Waals surface area contributed by atoms with Crippen LogP contribution < -0.4 is 4.72 Å². The van der Waals surface area contributed by atoms with Gasteiger partial charge >= 0.3 is 6.18 Å². The molecule has 21 heavy (non-hydrogen) atoms. The summed E-state index contributed by atoms with van der Waals surface area (Å²) in [6.07, 6.45) is -2.43. The van der Waals surface area contributed by atoms with Crippen LogP contribution in [0.5, 0.6) is 0 Å². The number of hydrogen-bond acceptors (Lipinski definition) is 4. The van der Waals surface area contributed by atoms with Gasteiger partial charge in [-0.15, -0.1) is 0 Å². The molecule has 1 aliphatic heterocycles. The first-order valence-corrected chi connectivity index (χ1v) is 8.77. The van der Waals surface area contributed by atoms with Gasteiger partial charge in [0.15, 0.2) is 0 Å². The molecule has 0 atom stereocenters. The minimum Gasteiger partial charge on any atom is -0.296 e. The molecular formula is C12H24F3N3O2S. The Morgan fingerprint density at radius 2 is 1.86 bits per heavy atom. The van der Waals surface area contributed by atoms with Crippen LogP contribution in [0.4, 0.5) is 13.2 Å². The van der Waals surface area contributed by atoms with Crippen LogP contribution >= 0.6 is 0 Å². The molecule has 0 spiro atoms. The van der Waals surface area contributed by atoms with Gasteiger partial charge in [0, 0.05) is 38.3 Å². The zero-order valence-corrected chi connectivity index (χ0v) is 13.5. The van der Waals surface area contributed by atoms with Crippen LogP contribution in [0, 0.1) is 0 Å². The molecule has 0 unspecified atom stereocenters. The molecular weight excluding hydrogens is 307 g/mol. The number of halogens is 3. The highest BCUT2D eigenvalue weighted by molar-refractivity contribution is 7.88. The Kier molecular flexibility index (Phi) is 6.05. The first kappa shape index (κ1) is 18.7. The van der Waals surface area contributed by atoms with Crippen molar-refractivity contribution >= 4 is 10.0 Å². The Morgan fingerprint density at radius 1 is 1.24 bits per heavy atom. The molecule has 0 aromatic carbocycles. The summed E-state index contributed by atoms with van der Waals surface area (Å²) < 4.78 is 61.6. The predicted octanol–water partition coefficient (Wildman–Crippen LogP) is 0.884. The van der Waals surface area contributed by atoms with Crippen molar-refractivity contribution in [2.45, 2.75) is 32.0 Å². The Morgan fingerprint density at radius 3 is 2.33 bits per heavy atom. The zero-order chi connectivity index (χ0) is 16.3. The van der Waals surface area contributed by atoms with Crippen LogP contribution in [0.15, 0.2) is 0 Å². The average molecular weight is 331 g/mol. The monoisotopic (exact) mass is 331 g/mol. The molecule has 0 radical (unpaired) electrons. The molecule has 0 aliphatic carbocycles. The molecule has 126 valence electrons. The number of nitrogens with zero attached hydrogens (tertiary/aromatic N) is 2. The maximum absolute atomic E-state index is 12.4. The summed E-state index contributed by atoms with van der Waals surface area (Å²) in [5, 5.41) is 0. The molecule has 0 aromatic rings. The molecule has 0 amide bonds. The van der Waals surface area contributed by atoms with Crippen molar-refractivity contribution in [3.05, 3.63) is 0 Å². The van der Waals surface area contributed by atoms with E-state index in [4.69, 9.17) is 0 Å². The molecule has 1 aliphatic rings. The first-order valence-electron chi connectivity index (χ1n) is 6.88. The Bertz CT molecular complexity index is 438. The molecule has 0 aromatic heterocycles. The van der Waals surface area contributed by atoms with Gasteiger partial charge in [0.25, 0.3) is 0 Å². The predicted molar refractivity (Wildman–Crippen MR) is 75.6 cm³/mol. The second kappa shape index (κ2) is 6.80. The van der Waals surface area contributed by atoms with E-state index in [-0.39, 0.29) is 5.54 Å². The van der Waals surface area contributed by atoms with Gasteiger partial charge in [-0.2, -0.15) is 13.2 Å². The average Bonchev–Trinajstić information content (AvgIpc) is 2.21. The maximum Gasteiger partial charge on any atom is 0.401 e. The Hall–Kier alpha value is -0.380. The number of nitrogens with one attached hydrogen (secondary N) is 1. The third kappa shape index (κ3) is 7.44. The van der Waals surface area contributed by atoms with Crippen molar-refractivity contribution in [3.8, 4) is 0 Å². The lowest BCUT2D eigenvalue weighted by Gasteiger charge is -2.47. The van der Waals surface area contributed by atoms with Gasteiger partial charge in [0.1, 0.15) is 0 Å². The molecule has 1 N–H and O–H groups in total. The normalized spacial score (nSPS) is 21.6.